The van der Waals surface area contributed by atoms with Gasteiger partial charge in [0, 0.05) is 13.5 Å². The molecule has 0 aliphatic heterocycles. The molecule has 1 amide bonds. The van der Waals surface area contributed by atoms with E-state index in [-0.39, 0.29) is 12.0 Å². The summed E-state index contributed by atoms with van der Waals surface area (Å²) in [5.41, 5.74) is 0.660. The largest absolute Gasteiger partial charge is 0.467 e. The van der Waals surface area contributed by atoms with Gasteiger partial charge >= 0.3 is 5.97 Å². The van der Waals surface area contributed by atoms with Gasteiger partial charge in [0.25, 0.3) is 0 Å². The van der Waals surface area contributed by atoms with Crippen molar-refractivity contribution in [2.45, 2.75) is 84.8 Å². The van der Waals surface area contributed by atoms with Crippen LogP contribution >= 0.6 is 0 Å². The monoisotopic (exact) mass is 341 g/mol. The number of carbonyl (C=O) groups excluding carboxylic acids is 2. The van der Waals surface area contributed by atoms with E-state index in [0.717, 1.165) is 0 Å². The van der Waals surface area contributed by atoms with Gasteiger partial charge in [-0.1, -0.05) is 20.3 Å². The standard InChI is InChI=1S/C17H29NO4.C2H6/c1-12(15(16(20)21-3)18-13(2)19)22-11-14-5-9-17(10-6-14)7-4-8-17;1-2/h12,14-15H,4-11H2,1-3H3,(H,18,19);1-2H3. The fourth-order valence-corrected chi connectivity index (χ4v) is 3.73. The molecule has 2 saturated carbocycles. The first kappa shape index (κ1) is 20.9. The minimum atomic E-state index is -0.732. The molecule has 2 aliphatic rings. The molecule has 0 aromatic carbocycles. The summed E-state index contributed by atoms with van der Waals surface area (Å²) in [7, 11) is 1.32. The Morgan fingerprint density at radius 1 is 1.17 bits per heavy atom. The van der Waals surface area contributed by atoms with Gasteiger partial charge in [-0.15, -0.1) is 0 Å². The maximum atomic E-state index is 11.8. The summed E-state index contributed by atoms with van der Waals surface area (Å²) in [5, 5.41) is 2.61. The molecule has 24 heavy (non-hydrogen) atoms. The lowest BCUT2D eigenvalue weighted by Crippen LogP contribution is -2.49. The molecular weight excluding hydrogens is 306 g/mol. The van der Waals surface area contributed by atoms with Gasteiger partial charge in [0.05, 0.1) is 13.2 Å². The molecule has 0 aromatic heterocycles. The summed E-state index contributed by atoms with van der Waals surface area (Å²) in [4.78, 5) is 23.0. The fraction of sp³-hybridized carbons (Fsp3) is 0.895. The second-order valence-corrected chi connectivity index (χ2v) is 7.04. The quantitative estimate of drug-likeness (QED) is 0.752. The SMILES string of the molecule is CC.COC(=O)C(NC(C)=O)C(C)OCC1CCC2(CCC2)CC1. The number of rotatable bonds is 6. The molecule has 5 heteroatoms. The summed E-state index contributed by atoms with van der Waals surface area (Å²) in [6.45, 7) is 7.86. The average molecular weight is 341 g/mol. The maximum absolute atomic E-state index is 11.8. The molecule has 1 N–H and O–H groups in total. The third kappa shape index (κ3) is 5.76. The zero-order chi connectivity index (χ0) is 18.2. The molecule has 2 atom stereocenters. The smallest absolute Gasteiger partial charge is 0.331 e. The third-order valence-electron chi connectivity index (χ3n) is 5.46. The van der Waals surface area contributed by atoms with Crippen LogP contribution in [0.5, 0.6) is 0 Å². The van der Waals surface area contributed by atoms with E-state index in [1.165, 1.54) is 59.0 Å². The lowest BCUT2D eigenvalue weighted by molar-refractivity contribution is -0.149. The molecule has 0 saturated heterocycles. The Morgan fingerprint density at radius 3 is 2.17 bits per heavy atom. The summed E-state index contributed by atoms with van der Waals surface area (Å²) < 4.78 is 10.6. The Kier molecular flexibility index (Phi) is 8.74. The molecule has 0 aromatic rings. The van der Waals surface area contributed by atoms with Crippen LogP contribution in [0.15, 0.2) is 0 Å². The number of hydrogen-bond donors (Lipinski definition) is 1. The number of methoxy groups -OCH3 is 1. The lowest BCUT2D eigenvalue weighted by atomic mass is 9.59. The first-order chi connectivity index (χ1) is 11.5. The van der Waals surface area contributed by atoms with E-state index in [4.69, 9.17) is 9.47 Å². The Morgan fingerprint density at radius 2 is 1.75 bits per heavy atom. The predicted octanol–water partition coefficient (Wildman–Crippen LogP) is 3.46. The molecule has 2 rings (SSSR count). The van der Waals surface area contributed by atoms with Crippen LogP contribution in [-0.2, 0) is 19.1 Å². The van der Waals surface area contributed by atoms with Crippen molar-refractivity contribution in [3.63, 3.8) is 0 Å². The molecule has 0 bridgehead atoms. The number of carbonyl (C=O) groups is 2. The van der Waals surface area contributed by atoms with Crippen LogP contribution in [0.3, 0.4) is 0 Å². The molecule has 1 spiro atoms. The average Bonchev–Trinajstić information content (AvgIpc) is 2.57. The number of esters is 1. The van der Waals surface area contributed by atoms with Crippen LogP contribution in [0.4, 0.5) is 0 Å². The normalized spacial score (nSPS) is 21.7. The van der Waals surface area contributed by atoms with Gasteiger partial charge in [-0.05, 0) is 56.8 Å². The summed E-state index contributed by atoms with van der Waals surface area (Å²) in [5.74, 6) is -0.139. The van der Waals surface area contributed by atoms with Gasteiger partial charge in [0.15, 0.2) is 6.04 Å². The third-order valence-corrected chi connectivity index (χ3v) is 5.46. The summed E-state index contributed by atoms with van der Waals surface area (Å²) in [6, 6.07) is -0.732. The number of hydrogen-bond acceptors (Lipinski definition) is 4. The van der Waals surface area contributed by atoms with Crippen molar-refractivity contribution < 1.29 is 19.1 Å². The highest BCUT2D eigenvalue weighted by Crippen LogP contribution is 2.52. The van der Waals surface area contributed by atoms with E-state index < -0.39 is 12.0 Å². The van der Waals surface area contributed by atoms with Gasteiger partial charge in [0.1, 0.15) is 0 Å². The second kappa shape index (κ2) is 10.0. The van der Waals surface area contributed by atoms with Crippen molar-refractivity contribution >= 4 is 11.9 Å². The Labute approximate surface area is 146 Å². The van der Waals surface area contributed by atoms with Crippen LogP contribution < -0.4 is 5.32 Å². The van der Waals surface area contributed by atoms with Crippen molar-refractivity contribution in [3.8, 4) is 0 Å². The molecule has 0 radical (unpaired) electrons. The van der Waals surface area contributed by atoms with Crippen LogP contribution in [0.2, 0.25) is 0 Å². The van der Waals surface area contributed by atoms with Crippen LogP contribution in [0.1, 0.15) is 72.6 Å². The van der Waals surface area contributed by atoms with E-state index in [2.05, 4.69) is 5.32 Å². The Bertz CT molecular complexity index is 396. The van der Waals surface area contributed by atoms with Crippen LogP contribution in [-0.4, -0.2) is 37.7 Å². The van der Waals surface area contributed by atoms with Gasteiger partial charge in [-0.3, -0.25) is 4.79 Å². The topological polar surface area (TPSA) is 64.6 Å². The van der Waals surface area contributed by atoms with E-state index in [9.17, 15) is 9.59 Å². The highest BCUT2D eigenvalue weighted by Gasteiger charge is 2.40. The van der Waals surface area contributed by atoms with Crippen molar-refractivity contribution in [1.29, 1.82) is 0 Å². The highest BCUT2D eigenvalue weighted by atomic mass is 16.5. The number of nitrogens with one attached hydrogen (secondary N) is 1. The van der Waals surface area contributed by atoms with E-state index >= 15 is 0 Å². The Hall–Kier alpha value is -1.10. The molecule has 140 valence electrons. The highest BCUT2D eigenvalue weighted by molar-refractivity contribution is 5.83. The first-order valence-corrected chi connectivity index (χ1v) is 9.42. The van der Waals surface area contributed by atoms with E-state index in [1.807, 2.05) is 20.8 Å². The van der Waals surface area contributed by atoms with Gasteiger partial charge in [-0.25, -0.2) is 4.79 Å². The predicted molar refractivity (Wildman–Crippen MR) is 94.6 cm³/mol. The van der Waals surface area contributed by atoms with Crippen molar-refractivity contribution in [1.82, 2.24) is 5.32 Å². The molecule has 2 aliphatic carbocycles. The van der Waals surface area contributed by atoms with Gasteiger partial charge < -0.3 is 14.8 Å². The molecule has 2 fully saturated rings. The number of amides is 1. The van der Waals surface area contributed by atoms with Gasteiger partial charge in [-0.2, -0.15) is 0 Å². The Balaban J connectivity index is 0.00000139. The zero-order valence-corrected chi connectivity index (χ0v) is 16.0. The molecule has 5 nitrogen and oxygen atoms in total. The van der Waals surface area contributed by atoms with E-state index in [1.54, 1.807) is 0 Å². The molecule has 2 unspecified atom stereocenters. The zero-order valence-electron chi connectivity index (χ0n) is 16.0. The van der Waals surface area contributed by atoms with Crippen molar-refractivity contribution in [3.05, 3.63) is 0 Å². The second-order valence-electron chi connectivity index (χ2n) is 7.04. The number of ether oxygens (including phenoxy) is 2. The fourth-order valence-electron chi connectivity index (χ4n) is 3.73. The lowest BCUT2D eigenvalue weighted by Gasteiger charge is -2.47. The van der Waals surface area contributed by atoms with Gasteiger partial charge in [0.2, 0.25) is 5.91 Å². The minimum Gasteiger partial charge on any atom is -0.467 e. The summed E-state index contributed by atoms with van der Waals surface area (Å²) >= 11 is 0. The van der Waals surface area contributed by atoms with Crippen LogP contribution in [0, 0.1) is 11.3 Å². The molecular formula is C19H35NO4. The van der Waals surface area contributed by atoms with E-state index in [0.29, 0.717) is 17.9 Å². The molecule has 0 heterocycles. The summed E-state index contributed by atoms with van der Waals surface area (Å²) in [6.07, 6.45) is 8.91. The van der Waals surface area contributed by atoms with Crippen molar-refractivity contribution in [2.24, 2.45) is 11.3 Å². The van der Waals surface area contributed by atoms with Crippen molar-refractivity contribution in [2.75, 3.05) is 13.7 Å². The maximum Gasteiger partial charge on any atom is 0.331 e. The first-order valence-electron chi connectivity index (χ1n) is 9.42. The van der Waals surface area contributed by atoms with Crippen LogP contribution in [0.25, 0.3) is 0 Å². The minimum absolute atomic E-state index is 0.254.